The van der Waals surface area contributed by atoms with Gasteiger partial charge in [-0.15, -0.1) is 0 Å². The van der Waals surface area contributed by atoms with E-state index in [1.54, 1.807) is 9.80 Å². The highest BCUT2D eigenvalue weighted by molar-refractivity contribution is 5.80. The SMILES string of the molecule is CCN(CC)C(=O)CN1Cc2ccccc2C[C@H]1C(=O)O. The number of rotatable bonds is 5. The molecule has 0 aromatic heterocycles. The van der Waals surface area contributed by atoms with Crippen molar-refractivity contribution in [2.24, 2.45) is 0 Å². The molecule has 0 saturated carbocycles. The number of carbonyl (C=O) groups is 2. The molecule has 1 N–H and O–H groups in total. The Hall–Kier alpha value is -1.88. The fourth-order valence-corrected chi connectivity index (χ4v) is 2.84. The van der Waals surface area contributed by atoms with Gasteiger partial charge in [0.1, 0.15) is 6.04 Å². The summed E-state index contributed by atoms with van der Waals surface area (Å²) in [5, 5.41) is 9.43. The average molecular weight is 290 g/mol. The second-order valence-electron chi connectivity index (χ2n) is 5.30. The molecule has 0 fully saturated rings. The summed E-state index contributed by atoms with van der Waals surface area (Å²) in [6, 6.07) is 7.22. The molecule has 2 rings (SSSR count). The molecule has 0 aliphatic carbocycles. The first-order valence-electron chi connectivity index (χ1n) is 7.38. The zero-order chi connectivity index (χ0) is 15.4. The summed E-state index contributed by atoms with van der Waals surface area (Å²) in [5.74, 6) is -0.873. The van der Waals surface area contributed by atoms with E-state index in [9.17, 15) is 14.7 Å². The van der Waals surface area contributed by atoms with Crippen molar-refractivity contribution in [3.8, 4) is 0 Å². The predicted octanol–water partition coefficient (Wildman–Crippen LogP) is 1.37. The van der Waals surface area contributed by atoms with Crippen molar-refractivity contribution >= 4 is 11.9 Å². The standard InChI is InChI=1S/C16H22N2O3/c1-3-17(4-2)15(19)11-18-10-13-8-6-5-7-12(13)9-14(18)16(20)21/h5-8,14H,3-4,9-11H2,1-2H3,(H,20,21)/t14-/m0/s1. The number of fused-ring (bicyclic) bond motifs is 1. The van der Waals surface area contributed by atoms with E-state index in [1.165, 1.54) is 0 Å². The normalized spacial score (nSPS) is 18.1. The van der Waals surface area contributed by atoms with Gasteiger partial charge in [0.2, 0.25) is 5.91 Å². The van der Waals surface area contributed by atoms with Crippen molar-refractivity contribution in [3.63, 3.8) is 0 Å². The Morgan fingerprint density at radius 3 is 2.43 bits per heavy atom. The molecule has 21 heavy (non-hydrogen) atoms. The van der Waals surface area contributed by atoms with Crippen LogP contribution in [0.4, 0.5) is 0 Å². The molecule has 0 radical (unpaired) electrons. The minimum Gasteiger partial charge on any atom is -0.480 e. The van der Waals surface area contributed by atoms with Gasteiger partial charge < -0.3 is 10.0 Å². The van der Waals surface area contributed by atoms with Crippen LogP contribution in [-0.2, 0) is 22.6 Å². The Labute approximate surface area is 125 Å². The number of amides is 1. The summed E-state index contributed by atoms with van der Waals surface area (Å²) in [7, 11) is 0. The summed E-state index contributed by atoms with van der Waals surface area (Å²) < 4.78 is 0. The van der Waals surface area contributed by atoms with Crippen molar-refractivity contribution in [1.29, 1.82) is 0 Å². The fourth-order valence-electron chi connectivity index (χ4n) is 2.84. The van der Waals surface area contributed by atoms with E-state index >= 15 is 0 Å². The van der Waals surface area contributed by atoms with Crippen molar-refractivity contribution in [2.75, 3.05) is 19.6 Å². The number of carboxylic acid groups (broad SMARTS) is 1. The Balaban J connectivity index is 2.17. The number of aliphatic carboxylic acids is 1. The van der Waals surface area contributed by atoms with Crippen LogP contribution in [0.3, 0.4) is 0 Å². The van der Waals surface area contributed by atoms with E-state index < -0.39 is 12.0 Å². The van der Waals surface area contributed by atoms with Crippen LogP contribution in [-0.4, -0.2) is 52.5 Å². The highest BCUT2D eigenvalue weighted by Gasteiger charge is 2.32. The molecule has 0 saturated heterocycles. The summed E-state index contributed by atoms with van der Waals surface area (Å²) in [6.45, 7) is 5.84. The molecular weight excluding hydrogens is 268 g/mol. The lowest BCUT2D eigenvalue weighted by Crippen LogP contribution is -2.50. The Morgan fingerprint density at radius 1 is 1.24 bits per heavy atom. The van der Waals surface area contributed by atoms with Crippen LogP contribution in [0.2, 0.25) is 0 Å². The lowest BCUT2D eigenvalue weighted by molar-refractivity contribution is -0.145. The van der Waals surface area contributed by atoms with Crippen molar-refractivity contribution in [3.05, 3.63) is 35.4 Å². The maximum absolute atomic E-state index is 12.2. The predicted molar refractivity (Wildman–Crippen MR) is 79.9 cm³/mol. The molecule has 114 valence electrons. The van der Waals surface area contributed by atoms with E-state index in [0.29, 0.717) is 26.1 Å². The number of benzene rings is 1. The van der Waals surface area contributed by atoms with Gasteiger partial charge in [0.25, 0.3) is 0 Å². The topological polar surface area (TPSA) is 60.9 Å². The van der Waals surface area contributed by atoms with E-state index in [-0.39, 0.29) is 12.5 Å². The fraction of sp³-hybridized carbons (Fsp3) is 0.500. The van der Waals surface area contributed by atoms with Gasteiger partial charge in [-0.05, 0) is 31.4 Å². The molecule has 5 heteroatoms. The van der Waals surface area contributed by atoms with Gasteiger partial charge in [0, 0.05) is 19.6 Å². The van der Waals surface area contributed by atoms with Crippen LogP contribution in [0, 0.1) is 0 Å². The van der Waals surface area contributed by atoms with Crippen molar-refractivity contribution in [1.82, 2.24) is 9.80 Å². The molecule has 1 aromatic rings. The first-order valence-corrected chi connectivity index (χ1v) is 7.38. The molecule has 1 aromatic carbocycles. The van der Waals surface area contributed by atoms with Gasteiger partial charge in [-0.25, -0.2) is 0 Å². The number of hydrogen-bond donors (Lipinski definition) is 1. The molecule has 0 unspecified atom stereocenters. The first-order chi connectivity index (χ1) is 10.1. The maximum atomic E-state index is 12.2. The van der Waals surface area contributed by atoms with Gasteiger partial charge in [-0.2, -0.15) is 0 Å². The van der Waals surface area contributed by atoms with Gasteiger partial charge in [0.05, 0.1) is 6.54 Å². The highest BCUT2D eigenvalue weighted by atomic mass is 16.4. The smallest absolute Gasteiger partial charge is 0.321 e. The van der Waals surface area contributed by atoms with Crippen LogP contribution < -0.4 is 0 Å². The zero-order valence-corrected chi connectivity index (χ0v) is 12.6. The van der Waals surface area contributed by atoms with Gasteiger partial charge >= 0.3 is 5.97 Å². The third-order valence-electron chi connectivity index (χ3n) is 4.09. The molecule has 1 heterocycles. The minimum absolute atomic E-state index is 0.00867. The number of carbonyl (C=O) groups excluding carboxylic acids is 1. The summed E-state index contributed by atoms with van der Waals surface area (Å²) in [5.41, 5.74) is 2.18. The van der Waals surface area contributed by atoms with Crippen LogP contribution in [0.25, 0.3) is 0 Å². The van der Waals surface area contributed by atoms with E-state index in [4.69, 9.17) is 0 Å². The molecule has 0 spiro atoms. The number of nitrogens with zero attached hydrogens (tertiary/aromatic N) is 2. The number of hydrogen-bond acceptors (Lipinski definition) is 3. The first kappa shape index (κ1) is 15.5. The van der Waals surface area contributed by atoms with Crippen LogP contribution in [0.5, 0.6) is 0 Å². The average Bonchev–Trinajstić information content (AvgIpc) is 2.47. The van der Waals surface area contributed by atoms with E-state index in [1.807, 2.05) is 38.1 Å². The third-order valence-corrected chi connectivity index (χ3v) is 4.09. The quantitative estimate of drug-likeness (QED) is 0.889. The Kier molecular flexibility index (Phi) is 4.96. The van der Waals surface area contributed by atoms with Gasteiger partial charge in [-0.1, -0.05) is 24.3 Å². The largest absolute Gasteiger partial charge is 0.480 e. The lowest BCUT2D eigenvalue weighted by Gasteiger charge is -2.35. The van der Waals surface area contributed by atoms with Gasteiger partial charge in [0.15, 0.2) is 0 Å². The number of likely N-dealkylation sites (N-methyl/N-ethyl adjacent to an activating group) is 1. The summed E-state index contributed by atoms with van der Waals surface area (Å²) in [4.78, 5) is 27.2. The summed E-state index contributed by atoms with van der Waals surface area (Å²) >= 11 is 0. The second-order valence-corrected chi connectivity index (χ2v) is 5.30. The molecule has 5 nitrogen and oxygen atoms in total. The molecule has 1 aliphatic rings. The van der Waals surface area contributed by atoms with Crippen molar-refractivity contribution in [2.45, 2.75) is 32.9 Å². The highest BCUT2D eigenvalue weighted by Crippen LogP contribution is 2.23. The van der Waals surface area contributed by atoms with Crippen molar-refractivity contribution < 1.29 is 14.7 Å². The zero-order valence-electron chi connectivity index (χ0n) is 12.6. The van der Waals surface area contributed by atoms with E-state index in [2.05, 4.69) is 0 Å². The van der Waals surface area contributed by atoms with Crippen LogP contribution in [0.15, 0.2) is 24.3 Å². The molecule has 0 bridgehead atoms. The van der Waals surface area contributed by atoms with Crippen LogP contribution >= 0.6 is 0 Å². The van der Waals surface area contributed by atoms with Gasteiger partial charge in [-0.3, -0.25) is 14.5 Å². The van der Waals surface area contributed by atoms with Crippen LogP contribution in [0.1, 0.15) is 25.0 Å². The number of carboxylic acids is 1. The minimum atomic E-state index is -0.864. The Morgan fingerprint density at radius 2 is 1.86 bits per heavy atom. The molecule has 1 atom stereocenters. The molecular formula is C16H22N2O3. The summed E-state index contributed by atoms with van der Waals surface area (Å²) in [6.07, 6.45) is 0.455. The molecule has 1 amide bonds. The van der Waals surface area contributed by atoms with E-state index in [0.717, 1.165) is 11.1 Å². The third kappa shape index (κ3) is 3.42. The Bertz CT molecular complexity index is 526. The monoisotopic (exact) mass is 290 g/mol. The lowest BCUT2D eigenvalue weighted by atomic mass is 9.94. The molecule has 1 aliphatic heterocycles. The maximum Gasteiger partial charge on any atom is 0.321 e. The second kappa shape index (κ2) is 6.72.